The van der Waals surface area contributed by atoms with Crippen LogP contribution in [0.5, 0.6) is 0 Å². The van der Waals surface area contributed by atoms with Crippen molar-refractivity contribution in [2.75, 3.05) is 26.5 Å². The third-order valence-electron chi connectivity index (χ3n) is 6.88. The second kappa shape index (κ2) is 14.3. The van der Waals surface area contributed by atoms with Crippen molar-refractivity contribution < 1.29 is 27.5 Å². The SMILES string of the molecule is COC(=O)[C@@H](Cc1cscn1)NC(=O)[C@H](Cc1ccccc1)CS(=O)(=O)C(C)(C)C(=O)N(C)CCc1ccccn1. The van der Waals surface area contributed by atoms with Gasteiger partial charge in [-0.15, -0.1) is 11.3 Å². The van der Waals surface area contributed by atoms with Crippen molar-refractivity contribution in [1.29, 1.82) is 0 Å². The second-order valence-electron chi connectivity index (χ2n) is 10.2. The van der Waals surface area contributed by atoms with E-state index in [0.29, 0.717) is 12.1 Å². The van der Waals surface area contributed by atoms with Crippen LogP contribution in [0.25, 0.3) is 0 Å². The van der Waals surface area contributed by atoms with E-state index in [1.165, 1.54) is 37.2 Å². The lowest BCUT2D eigenvalue weighted by Gasteiger charge is -2.31. The Bertz CT molecular complexity index is 1400. The number of carbonyl (C=O) groups excluding carboxylic acids is 3. The number of amides is 2. The van der Waals surface area contributed by atoms with Gasteiger partial charge in [-0.2, -0.15) is 0 Å². The topological polar surface area (TPSA) is 136 Å². The van der Waals surface area contributed by atoms with E-state index in [4.69, 9.17) is 4.74 Å². The fourth-order valence-corrected chi connectivity index (χ4v) is 6.50. The Morgan fingerprint density at radius 3 is 2.34 bits per heavy atom. The van der Waals surface area contributed by atoms with Crippen molar-refractivity contribution in [3.8, 4) is 0 Å². The number of ether oxygens (including phenoxy) is 1. The van der Waals surface area contributed by atoms with Crippen LogP contribution in [0.2, 0.25) is 0 Å². The minimum atomic E-state index is -4.16. The average Bonchev–Trinajstić information content (AvgIpc) is 3.48. The molecule has 220 valence electrons. The Kier molecular flexibility index (Phi) is 11.1. The van der Waals surface area contributed by atoms with E-state index < -0.39 is 50.1 Å². The number of methoxy groups -OCH3 is 1. The fourth-order valence-electron chi connectivity index (χ4n) is 4.29. The standard InChI is InChI=1S/C29H36N4O6S2/c1-29(2,28(36)33(3)15-13-23-12-8-9-14-30-23)41(37,38)19-22(16-21-10-6-5-7-11-21)26(34)32-25(27(35)39-4)17-24-18-40-20-31-24/h5-12,14,18,20,22,25H,13,15-17,19H2,1-4H3,(H,32,34)/t22-,25-/m1/s1. The van der Waals surface area contributed by atoms with Crippen LogP contribution in [0, 0.1) is 5.92 Å². The number of carbonyl (C=O) groups is 3. The number of hydrogen-bond acceptors (Lipinski definition) is 9. The summed E-state index contributed by atoms with van der Waals surface area (Å²) in [6.07, 6.45) is 2.31. The summed E-state index contributed by atoms with van der Waals surface area (Å²) < 4.78 is 30.6. The molecule has 0 spiro atoms. The van der Waals surface area contributed by atoms with E-state index in [1.807, 2.05) is 18.2 Å². The Balaban J connectivity index is 1.80. The number of sulfone groups is 1. The first-order chi connectivity index (χ1) is 19.4. The smallest absolute Gasteiger partial charge is 0.328 e. The van der Waals surface area contributed by atoms with Crippen LogP contribution >= 0.6 is 11.3 Å². The Morgan fingerprint density at radius 1 is 1.02 bits per heavy atom. The van der Waals surface area contributed by atoms with E-state index in [1.54, 1.807) is 54.5 Å². The maximum absolute atomic E-state index is 13.8. The van der Waals surface area contributed by atoms with Crippen molar-refractivity contribution in [3.05, 3.63) is 82.6 Å². The molecule has 2 amide bonds. The summed E-state index contributed by atoms with van der Waals surface area (Å²) in [4.78, 5) is 49.2. The predicted molar refractivity (Wildman–Crippen MR) is 157 cm³/mol. The van der Waals surface area contributed by atoms with Crippen LogP contribution in [0.4, 0.5) is 0 Å². The van der Waals surface area contributed by atoms with Crippen molar-refractivity contribution >= 4 is 39.0 Å². The van der Waals surface area contributed by atoms with Crippen LogP contribution in [-0.4, -0.2) is 78.3 Å². The highest BCUT2D eigenvalue weighted by Gasteiger charge is 2.45. The number of thiazole rings is 1. The predicted octanol–water partition coefficient (Wildman–Crippen LogP) is 2.49. The summed E-state index contributed by atoms with van der Waals surface area (Å²) in [6.45, 7) is 3.00. The van der Waals surface area contributed by atoms with E-state index in [2.05, 4.69) is 15.3 Å². The number of nitrogens with zero attached hydrogens (tertiary/aromatic N) is 3. The van der Waals surface area contributed by atoms with Gasteiger partial charge in [0.05, 0.1) is 30.0 Å². The molecule has 0 bridgehead atoms. The van der Waals surface area contributed by atoms with Crippen LogP contribution in [0.3, 0.4) is 0 Å². The van der Waals surface area contributed by atoms with E-state index >= 15 is 0 Å². The highest BCUT2D eigenvalue weighted by molar-refractivity contribution is 7.93. The summed E-state index contributed by atoms with van der Waals surface area (Å²) in [5, 5.41) is 4.43. The zero-order chi connectivity index (χ0) is 30.0. The molecule has 1 N–H and O–H groups in total. The summed E-state index contributed by atoms with van der Waals surface area (Å²) >= 11 is 1.35. The maximum atomic E-state index is 13.8. The van der Waals surface area contributed by atoms with Crippen LogP contribution in [0.15, 0.2) is 65.6 Å². The third kappa shape index (κ3) is 8.67. The van der Waals surface area contributed by atoms with Gasteiger partial charge in [-0.25, -0.2) is 18.2 Å². The molecule has 0 aliphatic rings. The van der Waals surface area contributed by atoms with Gasteiger partial charge in [-0.05, 0) is 38.0 Å². The molecule has 2 aromatic heterocycles. The minimum Gasteiger partial charge on any atom is -0.467 e. The molecule has 3 aromatic rings. The Morgan fingerprint density at radius 2 is 1.73 bits per heavy atom. The molecular weight excluding hydrogens is 564 g/mol. The molecular formula is C29H36N4O6S2. The summed E-state index contributed by atoms with van der Waals surface area (Å²) in [5.41, 5.74) is 3.74. The Hall–Kier alpha value is -3.64. The van der Waals surface area contributed by atoms with Crippen molar-refractivity contribution in [2.24, 2.45) is 5.92 Å². The minimum absolute atomic E-state index is 0.0935. The summed E-state index contributed by atoms with van der Waals surface area (Å²) in [6, 6.07) is 13.4. The lowest BCUT2D eigenvalue weighted by Crippen LogP contribution is -2.52. The maximum Gasteiger partial charge on any atom is 0.328 e. The van der Waals surface area contributed by atoms with Crippen molar-refractivity contribution in [1.82, 2.24) is 20.2 Å². The molecule has 0 saturated carbocycles. The molecule has 12 heteroatoms. The molecule has 2 heterocycles. The zero-order valence-corrected chi connectivity index (χ0v) is 25.3. The third-order valence-corrected chi connectivity index (χ3v) is 10.1. The molecule has 0 radical (unpaired) electrons. The molecule has 0 fully saturated rings. The molecule has 1 aromatic carbocycles. The molecule has 0 saturated heterocycles. The molecule has 10 nitrogen and oxygen atoms in total. The fraction of sp³-hybridized carbons (Fsp3) is 0.414. The van der Waals surface area contributed by atoms with Crippen LogP contribution in [0.1, 0.15) is 30.8 Å². The molecule has 2 atom stereocenters. The lowest BCUT2D eigenvalue weighted by molar-refractivity contribution is -0.145. The first-order valence-corrected chi connectivity index (χ1v) is 15.7. The monoisotopic (exact) mass is 600 g/mol. The van der Waals surface area contributed by atoms with E-state index in [-0.39, 0.29) is 19.4 Å². The quantitative estimate of drug-likeness (QED) is 0.279. The van der Waals surface area contributed by atoms with Crippen LogP contribution < -0.4 is 5.32 Å². The number of rotatable bonds is 14. The molecule has 3 rings (SSSR count). The normalized spacial score (nSPS) is 13.2. The highest BCUT2D eigenvalue weighted by atomic mass is 32.2. The van der Waals surface area contributed by atoms with Gasteiger partial charge in [0.25, 0.3) is 0 Å². The number of pyridine rings is 1. The van der Waals surface area contributed by atoms with E-state index in [0.717, 1.165) is 11.3 Å². The van der Waals surface area contributed by atoms with Gasteiger partial charge in [-0.1, -0.05) is 36.4 Å². The van der Waals surface area contributed by atoms with Gasteiger partial charge < -0.3 is 15.0 Å². The summed E-state index contributed by atoms with van der Waals surface area (Å²) in [7, 11) is -1.39. The molecule has 0 unspecified atom stereocenters. The number of esters is 1. The van der Waals surface area contributed by atoms with Gasteiger partial charge >= 0.3 is 5.97 Å². The number of aromatic nitrogens is 2. The average molecular weight is 601 g/mol. The first-order valence-electron chi connectivity index (χ1n) is 13.1. The largest absolute Gasteiger partial charge is 0.467 e. The van der Waals surface area contributed by atoms with Gasteiger partial charge in [0.2, 0.25) is 11.8 Å². The van der Waals surface area contributed by atoms with Crippen molar-refractivity contribution in [3.63, 3.8) is 0 Å². The Labute approximate surface area is 245 Å². The number of nitrogens with one attached hydrogen (secondary N) is 1. The molecule has 0 aliphatic carbocycles. The van der Waals surface area contributed by atoms with Crippen molar-refractivity contribution in [2.45, 2.75) is 43.9 Å². The van der Waals surface area contributed by atoms with Gasteiger partial charge in [0.15, 0.2) is 9.84 Å². The van der Waals surface area contributed by atoms with Crippen LogP contribution in [-0.2, 0) is 48.2 Å². The van der Waals surface area contributed by atoms with Gasteiger partial charge in [0.1, 0.15) is 10.8 Å². The second-order valence-corrected chi connectivity index (χ2v) is 13.5. The highest BCUT2D eigenvalue weighted by Crippen LogP contribution is 2.25. The van der Waals surface area contributed by atoms with Gasteiger partial charge in [-0.3, -0.25) is 14.6 Å². The molecule has 0 aliphatic heterocycles. The number of benzene rings is 1. The lowest BCUT2D eigenvalue weighted by atomic mass is 9.99. The van der Waals surface area contributed by atoms with Gasteiger partial charge in [0, 0.05) is 43.7 Å². The molecule has 41 heavy (non-hydrogen) atoms. The summed E-state index contributed by atoms with van der Waals surface area (Å²) in [5.74, 6) is -3.54. The number of likely N-dealkylation sites (N-methyl/N-ethyl adjacent to an activating group) is 1. The number of hydrogen-bond donors (Lipinski definition) is 1. The zero-order valence-electron chi connectivity index (χ0n) is 23.6. The first kappa shape index (κ1) is 31.9. The van der Waals surface area contributed by atoms with E-state index in [9.17, 15) is 22.8 Å².